The van der Waals surface area contributed by atoms with E-state index in [4.69, 9.17) is 35.9 Å². The zero-order valence-corrected chi connectivity index (χ0v) is 23.3. The van der Waals surface area contributed by atoms with Gasteiger partial charge in [0.15, 0.2) is 5.65 Å². The van der Waals surface area contributed by atoms with E-state index in [0.29, 0.717) is 41.6 Å². The molecule has 0 bridgehead atoms. The molecule has 5 N–H and O–H groups in total. The van der Waals surface area contributed by atoms with Gasteiger partial charge in [0.25, 0.3) is 5.97 Å². The summed E-state index contributed by atoms with van der Waals surface area (Å²) in [6.07, 6.45) is 8.20. The first-order chi connectivity index (χ1) is 19.9. The maximum Gasteiger partial charge on any atom is 0.387 e. The number of aromatic nitrogens is 5. The maximum absolute atomic E-state index is 13.2. The molecule has 0 aliphatic heterocycles. The molecule has 14 heteroatoms. The second-order valence-electron chi connectivity index (χ2n) is 10.2. The number of nitrogens with zero attached hydrogens (tertiary/aromatic N) is 6. The van der Waals surface area contributed by atoms with Gasteiger partial charge in [-0.15, -0.1) is 0 Å². The Morgan fingerprint density at radius 1 is 1.19 bits per heavy atom. The Labute approximate surface area is 240 Å². The van der Waals surface area contributed by atoms with E-state index in [1.165, 1.54) is 18.5 Å². The molecule has 0 amide bonds. The lowest BCUT2D eigenvalue weighted by Crippen LogP contribution is -2.36. The Hall–Kier alpha value is -3.95. The van der Waals surface area contributed by atoms with Crippen molar-refractivity contribution in [2.45, 2.75) is 56.8 Å². The lowest BCUT2D eigenvalue weighted by atomic mass is 9.89. The number of halogens is 2. The predicted octanol–water partition coefficient (Wildman–Crippen LogP) is 2.48. The van der Waals surface area contributed by atoms with E-state index in [1.807, 2.05) is 25.1 Å². The van der Waals surface area contributed by atoms with Crippen molar-refractivity contribution >= 4 is 11.9 Å². The molecule has 3 unspecified atom stereocenters. The molecular weight excluding hydrogens is 552 g/mol. The van der Waals surface area contributed by atoms with Crippen LogP contribution in [0, 0.1) is 0 Å². The minimum atomic E-state index is -3.01. The third-order valence-electron chi connectivity index (χ3n) is 7.00. The van der Waals surface area contributed by atoms with Crippen molar-refractivity contribution in [3.8, 4) is 17.0 Å². The summed E-state index contributed by atoms with van der Waals surface area (Å²) in [6, 6.07) is 5.97. The molecule has 5 rings (SSSR count). The molecule has 3 heterocycles. The standard InChI is InChI=1S/C23H20F2N6O2.C5H13NO3/c1-30(2)17-8-15(19-13(11-32)4-3-5-18(19)33-23(24)25)20-21(17)29-31-7-6-16(28-22(20)31)14-9-26-12-27-10-14;1-2-4(6)3-5(7,8)9/h3-7,9-12,15,17,23H,8H2,1-2H3;4,7-9H,2-3,6H2,1H3. The van der Waals surface area contributed by atoms with Gasteiger partial charge in [0.1, 0.15) is 18.4 Å². The highest BCUT2D eigenvalue weighted by atomic mass is 19.3. The molecule has 0 spiro atoms. The smallest absolute Gasteiger partial charge is 0.387 e. The van der Waals surface area contributed by atoms with Gasteiger partial charge in [0, 0.05) is 59.2 Å². The van der Waals surface area contributed by atoms with Gasteiger partial charge in [-0.1, -0.05) is 19.1 Å². The van der Waals surface area contributed by atoms with Crippen molar-refractivity contribution in [2.75, 3.05) is 14.1 Å². The summed E-state index contributed by atoms with van der Waals surface area (Å²) >= 11 is 0. The molecule has 0 saturated carbocycles. The topological polar surface area (TPSA) is 172 Å². The molecule has 1 aromatic carbocycles. The number of hydrogen-bond acceptors (Lipinski definition) is 11. The van der Waals surface area contributed by atoms with E-state index in [9.17, 15) is 13.6 Å². The summed E-state index contributed by atoms with van der Waals surface area (Å²) in [5, 5.41) is 29.8. The number of nitrogens with two attached hydrogens (primary N) is 1. The van der Waals surface area contributed by atoms with Crippen LogP contribution in [-0.4, -0.2) is 83.8 Å². The molecule has 0 radical (unpaired) electrons. The number of carbonyl (C=O) groups excluding carboxylic acids is 1. The van der Waals surface area contributed by atoms with Crippen molar-refractivity contribution in [3.63, 3.8) is 0 Å². The van der Waals surface area contributed by atoms with Crippen LogP contribution in [0.3, 0.4) is 0 Å². The Kier molecular flexibility index (Phi) is 9.53. The average molecular weight is 586 g/mol. The number of alkyl halides is 2. The Morgan fingerprint density at radius 3 is 2.48 bits per heavy atom. The first kappa shape index (κ1) is 31.0. The van der Waals surface area contributed by atoms with Crippen LogP contribution in [0.15, 0.2) is 49.2 Å². The SMILES string of the molecule is CCC(N)CC(O)(O)O.CN(C)C1CC(c2c(C=O)cccc2OC(F)F)c2c1nn1ccc(-c3cncnc3)nc21. The van der Waals surface area contributed by atoms with Crippen LogP contribution >= 0.6 is 0 Å². The first-order valence-electron chi connectivity index (χ1n) is 13.2. The summed E-state index contributed by atoms with van der Waals surface area (Å²) in [7, 11) is 3.87. The minimum absolute atomic E-state index is 0.0167. The summed E-state index contributed by atoms with van der Waals surface area (Å²) < 4.78 is 32.9. The van der Waals surface area contributed by atoms with E-state index in [0.717, 1.165) is 16.8 Å². The highest BCUT2D eigenvalue weighted by molar-refractivity contribution is 5.80. The second-order valence-corrected chi connectivity index (χ2v) is 10.2. The summed E-state index contributed by atoms with van der Waals surface area (Å²) in [5.41, 5.74) is 9.57. The zero-order chi connectivity index (χ0) is 30.6. The second kappa shape index (κ2) is 12.9. The van der Waals surface area contributed by atoms with Crippen molar-refractivity contribution in [3.05, 3.63) is 71.6 Å². The van der Waals surface area contributed by atoms with Crippen LogP contribution in [-0.2, 0) is 0 Å². The normalized spacial score (nSPS) is 17.2. The predicted molar refractivity (Wildman–Crippen MR) is 148 cm³/mol. The number of carbonyl (C=O) groups is 1. The fourth-order valence-corrected chi connectivity index (χ4v) is 5.04. The van der Waals surface area contributed by atoms with Crippen LogP contribution in [0.25, 0.3) is 16.9 Å². The van der Waals surface area contributed by atoms with Crippen molar-refractivity contribution in [2.24, 2.45) is 5.73 Å². The molecule has 0 saturated heterocycles. The fraction of sp³-hybridized carbons (Fsp3) is 0.393. The van der Waals surface area contributed by atoms with Crippen molar-refractivity contribution in [1.29, 1.82) is 0 Å². The van der Waals surface area contributed by atoms with Gasteiger partial charge in [-0.2, -0.15) is 13.9 Å². The van der Waals surface area contributed by atoms with Gasteiger partial charge in [-0.25, -0.2) is 19.5 Å². The number of fused-ring (bicyclic) bond motifs is 3. The van der Waals surface area contributed by atoms with Crippen LogP contribution in [0.1, 0.15) is 65.3 Å². The number of aldehydes is 1. The van der Waals surface area contributed by atoms with Gasteiger partial charge in [-0.05, 0) is 39.1 Å². The average Bonchev–Trinajstić information content (AvgIpc) is 3.49. The number of benzene rings is 1. The third kappa shape index (κ3) is 6.91. The van der Waals surface area contributed by atoms with Crippen LogP contribution < -0.4 is 10.5 Å². The highest BCUT2D eigenvalue weighted by Gasteiger charge is 2.41. The summed E-state index contributed by atoms with van der Waals surface area (Å²) in [6.45, 7) is -1.21. The Balaban J connectivity index is 0.000000392. The molecule has 224 valence electrons. The summed E-state index contributed by atoms with van der Waals surface area (Å²) in [5.74, 6) is -3.03. The third-order valence-corrected chi connectivity index (χ3v) is 7.00. The molecule has 3 aromatic heterocycles. The molecular formula is C28H33F2N7O5. The minimum Gasteiger partial charge on any atom is -0.434 e. The van der Waals surface area contributed by atoms with Gasteiger partial charge in [0.05, 0.1) is 17.4 Å². The molecule has 4 aromatic rings. The Morgan fingerprint density at radius 2 is 1.90 bits per heavy atom. The van der Waals surface area contributed by atoms with E-state index in [1.54, 1.807) is 36.1 Å². The van der Waals surface area contributed by atoms with Gasteiger partial charge in [0.2, 0.25) is 0 Å². The van der Waals surface area contributed by atoms with Crippen molar-refractivity contribution in [1.82, 2.24) is 29.5 Å². The Bertz CT molecular complexity index is 1510. The lowest BCUT2D eigenvalue weighted by Gasteiger charge is -2.22. The van der Waals surface area contributed by atoms with E-state index in [-0.39, 0.29) is 24.3 Å². The van der Waals surface area contributed by atoms with Gasteiger partial charge >= 0.3 is 6.61 Å². The molecule has 0 fully saturated rings. The van der Waals surface area contributed by atoms with E-state index in [2.05, 4.69) is 9.97 Å². The van der Waals surface area contributed by atoms with E-state index < -0.39 is 18.5 Å². The van der Waals surface area contributed by atoms with Gasteiger partial charge in [-0.3, -0.25) is 4.79 Å². The monoisotopic (exact) mass is 585 g/mol. The zero-order valence-electron chi connectivity index (χ0n) is 23.3. The largest absolute Gasteiger partial charge is 0.434 e. The molecule has 42 heavy (non-hydrogen) atoms. The lowest BCUT2D eigenvalue weighted by molar-refractivity contribution is -0.316. The van der Waals surface area contributed by atoms with Crippen molar-refractivity contribution < 1.29 is 33.6 Å². The molecule has 1 aliphatic rings. The first-order valence-corrected chi connectivity index (χ1v) is 13.2. The summed E-state index contributed by atoms with van der Waals surface area (Å²) in [4.78, 5) is 26.8. The number of rotatable bonds is 9. The molecule has 1 aliphatic carbocycles. The van der Waals surface area contributed by atoms with Gasteiger partial charge < -0.3 is 30.7 Å². The maximum atomic E-state index is 13.2. The molecule has 12 nitrogen and oxygen atoms in total. The number of hydrogen-bond donors (Lipinski definition) is 4. The van der Waals surface area contributed by atoms with Crippen LogP contribution in [0.2, 0.25) is 0 Å². The molecule has 3 atom stereocenters. The van der Waals surface area contributed by atoms with Crippen LogP contribution in [0.5, 0.6) is 5.75 Å². The highest BCUT2D eigenvalue weighted by Crippen LogP contribution is 2.50. The fourth-order valence-electron chi connectivity index (χ4n) is 5.04. The van der Waals surface area contributed by atoms with Crippen LogP contribution in [0.4, 0.5) is 8.78 Å². The quantitative estimate of drug-likeness (QED) is 0.168. The number of aliphatic hydroxyl groups is 3. The van der Waals surface area contributed by atoms with E-state index >= 15 is 0 Å². The number of ether oxygens (including phenoxy) is 1.